The highest BCUT2D eigenvalue weighted by Crippen LogP contribution is 2.38. The average Bonchev–Trinajstić information content (AvgIpc) is 3.06. The van der Waals surface area contributed by atoms with E-state index in [0.29, 0.717) is 42.2 Å². The number of carbonyl (C=O) groups excluding carboxylic acids is 1. The number of aromatic amines is 1. The summed E-state index contributed by atoms with van der Waals surface area (Å²) in [6, 6.07) is 5.63. The van der Waals surface area contributed by atoms with E-state index in [2.05, 4.69) is 20.3 Å². The SMILES string of the molecule is CC1(C)CC(=O)c2ccc(-c3c[nH]c4nc(NCC5(F)CCC5)ncc34)cc2O1. The maximum absolute atomic E-state index is 14.2. The van der Waals surface area contributed by atoms with Crippen molar-refractivity contribution in [2.75, 3.05) is 11.9 Å². The van der Waals surface area contributed by atoms with Crippen molar-refractivity contribution in [2.24, 2.45) is 0 Å². The number of benzene rings is 1. The highest BCUT2D eigenvalue weighted by atomic mass is 19.1. The van der Waals surface area contributed by atoms with Crippen LogP contribution in [-0.4, -0.2) is 38.5 Å². The molecular formula is C22H23FN4O2. The molecule has 5 rings (SSSR count). The van der Waals surface area contributed by atoms with Crippen molar-refractivity contribution >= 4 is 22.8 Å². The molecule has 0 saturated heterocycles. The summed E-state index contributed by atoms with van der Waals surface area (Å²) in [4.78, 5) is 24.4. The van der Waals surface area contributed by atoms with Crippen LogP contribution in [0.25, 0.3) is 22.2 Å². The van der Waals surface area contributed by atoms with Gasteiger partial charge in [0.2, 0.25) is 5.95 Å². The summed E-state index contributed by atoms with van der Waals surface area (Å²) in [5.41, 5.74) is 1.49. The predicted octanol–water partition coefficient (Wildman–Crippen LogP) is 4.67. The van der Waals surface area contributed by atoms with Crippen LogP contribution in [0.2, 0.25) is 0 Å². The largest absolute Gasteiger partial charge is 0.487 e. The number of carbonyl (C=O) groups is 1. The zero-order valence-corrected chi connectivity index (χ0v) is 16.5. The van der Waals surface area contributed by atoms with E-state index in [-0.39, 0.29) is 12.3 Å². The molecular weight excluding hydrogens is 371 g/mol. The fraction of sp³-hybridized carbons (Fsp3) is 0.409. The molecule has 0 spiro atoms. The number of ether oxygens (including phenoxy) is 1. The number of hydrogen-bond donors (Lipinski definition) is 2. The molecule has 3 heterocycles. The molecule has 1 fully saturated rings. The number of rotatable bonds is 4. The highest BCUT2D eigenvalue weighted by Gasteiger charge is 2.37. The number of nitrogens with zero attached hydrogens (tertiary/aromatic N) is 2. The Hall–Kier alpha value is -2.96. The third-order valence-corrected chi connectivity index (χ3v) is 5.81. The normalized spacial score (nSPS) is 19.3. The Morgan fingerprint density at radius 1 is 1.28 bits per heavy atom. The molecule has 1 aromatic carbocycles. The molecule has 2 N–H and O–H groups in total. The smallest absolute Gasteiger partial charge is 0.224 e. The summed E-state index contributed by atoms with van der Waals surface area (Å²) >= 11 is 0. The molecule has 7 heteroatoms. The Labute approximate surface area is 167 Å². The molecule has 0 radical (unpaired) electrons. The van der Waals surface area contributed by atoms with Crippen LogP contribution in [-0.2, 0) is 0 Å². The van der Waals surface area contributed by atoms with Gasteiger partial charge in [0, 0.05) is 23.3 Å². The van der Waals surface area contributed by atoms with Gasteiger partial charge in [0.25, 0.3) is 0 Å². The van der Waals surface area contributed by atoms with Crippen molar-refractivity contribution in [2.45, 2.75) is 50.8 Å². The van der Waals surface area contributed by atoms with Gasteiger partial charge in [-0.25, -0.2) is 9.37 Å². The summed E-state index contributed by atoms with van der Waals surface area (Å²) in [5, 5.41) is 3.87. The van der Waals surface area contributed by atoms with E-state index in [9.17, 15) is 9.18 Å². The van der Waals surface area contributed by atoms with Gasteiger partial charge in [0.05, 0.1) is 18.5 Å². The van der Waals surface area contributed by atoms with Gasteiger partial charge in [-0.3, -0.25) is 4.79 Å². The first-order valence-electron chi connectivity index (χ1n) is 9.96. The van der Waals surface area contributed by atoms with E-state index in [4.69, 9.17) is 4.74 Å². The molecule has 3 aromatic rings. The molecule has 0 atom stereocenters. The number of H-pyrrole nitrogens is 1. The van der Waals surface area contributed by atoms with Gasteiger partial charge in [-0.2, -0.15) is 4.98 Å². The molecule has 0 bridgehead atoms. The van der Waals surface area contributed by atoms with Crippen LogP contribution in [0.4, 0.5) is 10.3 Å². The number of halogens is 1. The number of alkyl halides is 1. The zero-order valence-electron chi connectivity index (χ0n) is 16.5. The van der Waals surface area contributed by atoms with Crippen molar-refractivity contribution in [1.82, 2.24) is 15.0 Å². The minimum Gasteiger partial charge on any atom is -0.487 e. The Morgan fingerprint density at radius 2 is 2.10 bits per heavy atom. The number of ketones is 1. The summed E-state index contributed by atoms with van der Waals surface area (Å²) < 4.78 is 20.2. The van der Waals surface area contributed by atoms with Gasteiger partial charge in [-0.1, -0.05) is 6.07 Å². The highest BCUT2D eigenvalue weighted by molar-refractivity contribution is 6.02. The van der Waals surface area contributed by atoms with Crippen LogP contribution in [0, 0.1) is 0 Å². The number of hydrogen-bond acceptors (Lipinski definition) is 5. The van der Waals surface area contributed by atoms with E-state index in [0.717, 1.165) is 22.9 Å². The van der Waals surface area contributed by atoms with Gasteiger partial charge in [0.15, 0.2) is 5.78 Å². The van der Waals surface area contributed by atoms with E-state index < -0.39 is 11.3 Å². The van der Waals surface area contributed by atoms with Crippen LogP contribution >= 0.6 is 0 Å². The van der Waals surface area contributed by atoms with Crippen LogP contribution < -0.4 is 10.1 Å². The molecule has 6 nitrogen and oxygen atoms in total. The average molecular weight is 394 g/mol. The van der Waals surface area contributed by atoms with E-state index in [1.807, 2.05) is 38.2 Å². The van der Waals surface area contributed by atoms with Crippen LogP contribution in [0.3, 0.4) is 0 Å². The fourth-order valence-corrected chi connectivity index (χ4v) is 4.03. The van der Waals surface area contributed by atoms with E-state index >= 15 is 0 Å². The summed E-state index contributed by atoms with van der Waals surface area (Å²) in [5.74, 6) is 1.11. The minimum absolute atomic E-state index is 0.0953. The zero-order chi connectivity index (χ0) is 20.2. The number of fused-ring (bicyclic) bond motifs is 2. The third kappa shape index (κ3) is 3.24. The lowest BCUT2D eigenvalue weighted by Gasteiger charge is -2.33. The second-order valence-corrected chi connectivity index (χ2v) is 8.69. The lowest BCUT2D eigenvalue weighted by molar-refractivity contribution is 0.0620. The Kier molecular flexibility index (Phi) is 3.91. The van der Waals surface area contributed by atoms with Crippen molar-refractivity contribution in [3.8, 4) is 16.9 Å². The maximum Gasteiger partial charge on any atom is 0.224 e. The number of Topliss-reactive ketones (excluding diaryl/α,β-unsaturated/α-hetero) is 1. The van der Waals surface area contributed by atoms with Crippen LogP contribution in [0.1, 0.15) is 49.9 Å². The summed E-state index contributed by atoms with van der Waals surface area (Å²) in [6.45, 7) is 4.07. The lowest BCUT2D eigenvalue weighted by atomic mass is 9.82. The van der Waals surface area contributed by atoms with Gasteiger partial charge in [-0.15, -0.1) is 0 Å². The van der Waals surface area contributed by atoms with Crippen molar-refractivity contribution in [1.29, 1.82) is 0 Å². The lowest BCUT2D eigenvalue weighted by Crippen LogP contribution is -2.39. The molecule has 1 aliphatic carbocycles. The molecule has 29 heavy (non-hydrogen) atoms. The first-order chi connectivity index (χ1) is 13.8. The molecule has 2 aliphatic rings. The van der Waals surface area contributed by atoms with Crippen LogP contribution in [0.15, 0.2) is 30.6 Å². The van der Waals surface area contributed by atoms with Crippen molar-refractivity contribution in [3.63, 3.8) is 0 Å². The molecule has 2 aromatic heterocycles. The van der Waals surface area contributed by atoms with Gasteiger partial charge >= 0.3 is 0 Å². The molecule has 0 unspecified atom stereocenters. The second kappa shape index (κ2) is 6.27. The van der Waals surface area contributed by atoms with Gasteiger partial charge in [-0.05, 0) is 50.8 Å². The first kappa shape index (κ1) is 18.1. The maximum atomic E-state index is 14.2. The van der Waals surface area contributed by atoms with Crippen molar-refractivity contribution < 1.29 is 13.9 Å². The number of anilines is 1. The molecule has 150 valence electrons. The number of nitrogens with one attached hydrogen (secondary N) is 2. The Balaban J connectivity index is 1.44. The standard InChI is InChI=1S/C22H23FN4O2/c1-21(2)9-17(28)14-5-4-13(8-18(14)29-21)15-10-24-19-16(15)11-25-20(27-19)26-12-22(23)6-3-7-22/h4-5,8,10-11H,3,6-7,9,12H2,1-2H3,(H2,24,25,26,27). The van der Waals surface area contributed by atoms with E-state index in [1.54, 1.807) is 6.20 Å². The summed E-state index contributed by atoms with van der Waals surface area (Å²) in [7, 11) is 0. The fourth-order valence-electron chi connectivity index (χ4n) is 4.03. The Morgan fingerprint density at radius 3 is 2.86 bits per heavy atom. The third-order valence-electron chi connectivity index (χ3n) is 5.81. The topological polar surface area (TPSA) is 79.9 Å². The van der Waals surface area contributed by atoms with Gasteiger partial charge in [0.1, 0.15) is 22.7 Å². The van der Waals surface area contributed by atoms with Crippen molar-refractivity contribution in [3.05, 3.63) is 36.2 Å². The quantitative estimate of drug-likeness (QED) is 0.672. The minimum atomic E-state index is -1.13. The predicted molar refractivity (Wildman–Crippen MR) is 109 cm³/mol. The van der Waals surface area contributed by atoms with Gasteiger partial charge < -0.3 is 15.0 Å². The molecule has 1 saturated carbocycles. The second-order valence-electron chi connectivity index (χ2n) is 8.69. The Bertz CT molecular complexity index is 1120. The molecule has 0 amide bonds. The summed E-state index contributed by atoms with van der Waals surface area (Å²) in [6.07, 6.45) is 6.09. The van der Waals surface area contributed by atoms with Crippen LogP contribution in [0.5, 0.6) is 5.75 Å². The first-order valence-corrected chi connectivity index (χ1v) is 9.96. The number of aromatic nitrogens is 3. The monoisotopic (exact) mass is 394 g/mol. The van der Waals surface area contributed by atoms with E-state index in [1.165, 1.54) is 0 Å². The molecule has 1 aliphatic heterocycles.